The van der Waals surface area contributed by atoms with Crippen molar-refractivity contribution in [1.29, 1.82) is 0 Å². The van der Waals surface area contributed by atoms with Crippen LogP contribution in [0.25, 0.3) is 6.08 Å². The third kappa shape index (κ3) is 6.86. The summed E-state index contributed by atoms with van der Waals surface area (Å²) in [5, 5.41) is 10.9. The van der Waals surface area contributed by atoms with E-state index < -0.39 is 16.9 Å². The number of hydrogen-bond donors (Lipinski definition) is 0. The van der Waals surface area contributed by atoms with Gasteiger partial charge in [0.25, 0.3) is 11.2 Å². The summed E-state index contributed by atoms with van der Waals surface area (Å²) in [6, 6.07) is 18.0. The van der Waals surface area contributed by atoms with Crippen LogP contribution >= 0.6 is 11.3 Å². The molecule has 0 unspecified atom stereocenters. The number of carbonyl (C=O) groups is 1. The van der Waals surface area contributed by atoms with Crippen LogP contribution in [-0.4, -0.2) is 35.3 Å². The minimum atomic E-state index is -0.740. The minimum Gasteiger partial charge on any atom is -0.493 e. The Morgan fingerprint density at radius 2 is 1.80 bits per heavy atom. The molecule has 0 spiro atoms. The molecule has 238 valence electrons. The molecule has 12 heteroatoms. The Morgan fingerprint density at radius 3 is 2.43 bits per heavy atom. The van der Waals surface area contributed by atoms with Gasteiger partial charge in [-0.3, -0.25) is 19.5 Å². The molecule has 5 rings (SSSR count). The van der Waals surface area contributed by atoms with Crippen LogP contribution in [0.5, 0.6) is 17.2 Å². The maximum absolute atomic E-state index is 14.0. The van der Waals surface area contributed by atoms with Crippen LogP contribution in [0.2, 0.25) is 0 Å². The summed E-state index contributed by atoms with van der Waals surface area (Å²) in [6.07, 6.45) is 1.74. The van der Waals surface area contributed by atoms with Crippen molar-refractivity contribution in [3.63, 3.8) is 0 Å². The zero-order valence-corrected chi connectivity index (χ0v) is 26.8. The van der Waals surface area contributed by atoms with Gasteiger partial charge in [-0.25, -0.2) is 9.79 Å². The van der Waals surface area contributed by atoms with Gasteiger partial charge in [-0.2, -0.15) is 0 Å². The molecule has 4 aromatic rings. The number of rotatable bonds is 11. The molecule has 1 aliphatic rings. The van der Waals surface area contributed by atoms with Gasteiger partial charge in [0.2, 0.25) is 0 Å². The number of hydrogen-bond acceptors (Lipinski definition) is 10. The molecular weight excluding hydrogens is 610 g/mol. The van der Waals surface area contributed by atoms with Crippen LogP contribution in [0.3, 0.4) is 0 Å². The molecule has 1 aliphatic heterocycles. The van der Waals surface area contributed by atoms with Gasteiger partial charge < -0.3 is 18.9 Å². The van der Waals surface area contributed by atoms with E-state index in [0.717, 1.165) is 11.1 Å². The van der Waals surface area contributed by atoms with Gasteiger partial charge in [-0.1, -0.05) is 29.5 Å². The number of nitro groups is 1. The Balaban J connectivity index is 1.50. The quantitative estimate of drug-likeness (QED) is 0.126. The van der Waals surface area contributed by atoms with Crippen molar-refractivity contribution in [3.8, 4) is 17.2 Å². The summed E-state index contributed by atoms with van der Waals surface area (Å²) in [5.41, 5.74) is 2.65. The molecule has 0 N–H and O–H groups in total. The molecule has 0 aliphatic carbocycles. The van der Waals surface area contributed by atoms with Crippen molar-refractivity contribution in [1.82, 2.24) is 4.57 Å². The lowest BCUT2D eigenvalue weighted by atomic mass is 9.96. The van der Waals surface area contributed by atoms with E-state index in [0.29, 0.717) is 43.4 Å². The minimum absolute atomic E-state index is 0.00343. The number of aromatic nitrogens is 1. The first-order valence-corrected chi connectivity index (χ1v) is 15.4. The summed E-state index contributed by atoms with van der Waals surface area (Å²) in [6.45, 7) is 7.72. The molecule has 11 nitrogen and oxygen atoms in total. The SMILES string of the molecule is CCOC(=O)C1=C(C)N=c2s/c(=C\c3ccc(OCc4ccc([N+](=O)[O-])cc4)c(OC)c3)c(=O)n2[C@H]1c1ccc(OC(C)C)cc1. The van der Waals surface area contributed by atoms with Crippen LogP contribution in [0.4, 0.5) is 5.69 Å². The molecule has 0 saturated heterocycles. The normalized spacial score (nSPS) is 14.5. The maximum atomic E-state index is 14.0. The van der Waals surface area contributed by atoms with Crippen molar-refractivity contribution in [2.24, 2.45) is 4.99 Å². The first kappa shape index (κ1) is 32.2. The average molecular weight is 644 g/mol. The number of methoxy groups -OCH3 is 1. The standard InChI is InChI=1S/C34H33N3O8S/c1-6-43-33(39)30-21(4)35-34-36(31(30)24-10-14-26(15-11-24)45-20(2)3)32(38)29(46-34)18-23-9-16-27(28(17-23)42-5)44-19-22-7-12-25(13-8-22)37(40)41/h7-18,20,31H,6,19H2,1-5H3/b29-18-/t31-/m0/s1. The van der Waals surface area contributed by atoms with Gasteiger partial charge >= 0.3 is 5.97 Å². The lowest BCUT2D eigenvalue weighted by Gasteiger charge is -2.25. The Hall–Kier alpha value is -5.23. The molecule has 0 radical (unpaired) electrons. The Kier molecular flexibility index (Phi) is 9.67. The van der Waals surface area contributed by atoms with E-state index in [1.807, 2.05) is 38.1 Å². The van der Waals surface area contributed by atoms with E-state index in [2.05, 4.69) is 4.99 Å². The van der Waals surface area contributed by atoms with Crippen molar-refractivity contribution in [2.45, 2.75) is 46.4 Å². The maximum Gasteiger partial charge on any atom is 0.338 e. The molecule has 3 aromatic carbocycles. The van der Waals surface area contributed by atoms with E-state index >= 15 is 0 Å². The monoisotopic (exact) mass is 643 g/mol. The van der Waals surface area contributed by atoms with E-state index in [1.165, 1.54) is 35.1 Å². The van der Waals surface area contributed by atoms with Gasteiger partial charge in [0, 0.05) is 12.1 Å². The van der Waals surface area contributed by atoms with Gasteiger partial charge in [-0.05, 0) is 86.9 Å². The summed E-state index contributed by atoms with van der Waals surface area (Å²) >= 11 is 1.22. The molecule has 0 saturated carbocycles. The van der Waals surface area contributed by atoms with E-state index in [-0.39, 0.29) is 30.6 Å². The number of carbonyl (C=O) groups excluding carboxylic acids is 1. The highest BCUT2D eigenvalue weighted by Crippen LogP contribution is 2.32. The predicted octanol–water partition coefficient (Wildman–Crippen LogP) is 5.08. The van der Waals surface area contributed by atoms with Gasteiger partial charge in [-0.15, -0.1) is 0 Å². The lowest BCUT2D eigenvalue weighted by Crippen LogP contribution is -2.39. The molecule has 1 atom stereocenters. The Labute approximate surface area is 268 Å². The Bertz CT molecular complexity index is 1980. The summed E-state index contributed by atoms with van der Waals surface area (Å²) in [5.74, 6) is 1.07. The molecule has 0 amide bonds. The lowest BCUT2D eigenvalue weighted by molar-refractivity contribution is -0.384. The third-order valence-electron chi connectivity index (χ3n) is 7.11. The summed E-state index contributed by atoms with van der Waals surface area (Å²) < 4.78 is 24.6. The fourth-order valence-electron chi connectivity index (χ4n) is 5.03. The third-order valence-corrected chi connectivity index (χ3v) is 8.09. The molecular formula is C34H33N3O8S. The first-order chi connectivity index (χ1) is 22.1. The van der Waals surface area contributed by atoms with Gasteiger partial charge in [0.15, 0.2) is 16.3 Å². The highest BCUT2D eigenvalue weighted by atomic mass is 32.1. The average Bonchev–Trinajstić information content (AvgIpc) is 3.33. The fraction of sp³-hybridized carbons (Fsp3) is 0.265. The highest BCUT2D eigenvalue weighted by Gasteiger charge is 2.33. The van der Waals surface area contributed by atoms with Gasteiger partial charge in [0.05, 0.1) is 46.6 Å². The largest absolute Gasteiger partial charge is 0.493 e. The van der Waals surface area contributed by atoms with Crippen LogP contribution in [0.15, 0.2) is 87.8 Å². The number of allylic oxidation sites excluding steroid dienone is 1. The van der Waals surface area contributed by atoms with Crippen LogP contribution in [0, 0.1) is 10.1 Å². The van der Waals surface area contributed by atoms with E-state index in [4.69, 9.17) is 18.9 Å². The smallest absolute Gasteiger partial charge is 0.338 e. The molecule has 46 heavy (non-hydrogen) atoms. The van der Waals surface area contributed by atoms with Crippen LogP contribution < -0.4 is 29.1 Å². The second-order valence-electron chi connectivity index (χ2n) is 10.7. The fourth-order valence-corrected chi connectivity index (χ4v) is 6.07. The zero-order chi connectivity index (χ0) is 33.0. The number of nitrogens with zero attached hydrogens (tertiary/aromatic N) is 3. The number of esters is 1. The van der Waals surface area contributed by atoms with Crippen molar-refractivity contribution in [3.05, 3.63) is 124 Å². The van der Waals surface area contributed by atoms with Crippen molar-refractivity contribution < 1.29 is 28.7 Å². The molecule has 0 fully saturated rings. The highest BCUT2D eigenvalue weighted by molar-refractivity contribution is 7.07. The van der Waals surface area contributed by atoms with E-state index in [9.17, 15) is 19.7 Å². The number of non-ortho nitro benzene ring substituents is 1. The van der Waals surface area contributed by atoms with E-state index in [1.54, 1.807) is 50.3 Å². The summed E-state index contributed by atoms with van der Waals surface area (Å²) in [4.78, 5) is 42.7. The Morgan fingerprint density at radius 1 is 1.09 bits per heavy atom. The van der Waals surface area contributed by atoms with Gasteiger partial charge in [0.1, 0.15) is 12.4 Å². The molecule has 1 aromatic heterocycles. The zero-order valence-electron chi connectivity index (χ0n) is 26.0. The predicted molar refractivity (Wildman–Crippen MR) is 173 cm³/mol. The summed E-state index contributed by atoms with van der Waals surface area (Å²) in [7, 11) is 1.52. The number of nitro benzene ring substituents is 1. The van der Waals surface area contributed by atoms with Crippen LogP contribution in [-0.2, 0) is 16.1 Å². The first-order valence-electron chi connectivity index (χ1n) is 14.6. The van der Waals surface area contributed by atoms with Crippen molar-refractivity contribution >= 4 is 29.1 Å². The number of benzene rings is 3. The second-order valence-corrected chi connectivity index (χ2v) is 11.7. The molecule has 0 bridgehead atoms. The van der Waals surface area contributed by atoms with Crippen LogP contribution in [0.1, 0.15) is 50.4 Å². The van der Waals surface area contributed by atoms with Crippen molar-refractivity contribution in [2.75, 3.05) is 13.7 Å². The number of ether oxygens (including phenoxy) is 4. The number of thiazole rings is 1. The topological polar surface area (TPSA) is 131 Å². The molecule has 2 heterocycles. The number of fused-ring (bicyclic) bond motifs is 1. The second kappa shape index (κ2) is 13.8.